The van der Waals surface area contributed by atoms with Crippen molar-refractivity contribution in [2.24, 2.45) is 5.73 Å². The van der Waals surface area contributed by atoms with Gasteiger partial charge in [-0.1, -0.05) is 30.3 Å². The van der Waals surface area contributed by atoms with Crippen molar-refractivity contribution in [3.8, 4) is 0 Å². The van der Waals surface area contributed by atoms with E-state index in [1.54, 1.807) is 13.8 Å². The topological polar surface area (TPSA) is 72.6 Å². The summed E-state index contributed by atoms with van der Waals surface area (Å²) in [5, 5.41) is 0. The highest BCUT2D eigenvalue weighted by Crippen LogP contribution is 2.11. The van der Waals surface area contributed by atoms with Gasteiger partial charge in [-0.25, -0.2) is 0 Å². The van der Waals surface area contributed by atoms with Crippen molar-refractivity contribution in [3.63, 3.8) is 0 Å². The average Bonchev–Trinajstić information content (AvgIpc) is 2.37. The predicted molar refractivity (Wildman–Crippen MR) is 76.8 cm³/mol. The van der Waals surface area contributed by atoms with E-state index in [0.717, 1.165) is 5.56 Å². The second-order valence-corrected chi connectivity index (χ2v) is 5.48. The van der Waals surface area contributed by atoms with Crippen LogP contribution in [0.2, 0.25) is 0 Å². The van der Waals surface area contributed by atoms with Gasteiger partial charge < -0.3 is 15.4 Å². The molecule has 2 N–H and O–H groups in total. The molecule has 0 atom stereocenters. The zero-order valence-corrected chi connectivity index (χ0v) is 12.3. The van der Waals surface area contributed by atoms with Gasteiger partial charge in [-0.3, -0.25) is 9.59 Å². The standard InChI is InChI=1S/C15H22N2O3/c1-15(2,16)9-13(18)17(11-14(19)20-3)10-12-7-5-4-6-8-12/h4-8H,9-11,16H2,1-3H3. The van der Waals surface area contributed by atoms with E-state index in [1.807, 2.05) is 30.3 Å². The molecular formula is C15H22N2O3. The average molecular weight is 278 g/mol. The molecule has 5 heteroatoms. The minimum Gasteiger partial charge on any atom is -0.468 e. The molecule has 20 heavy (non-hydrogen) atoms. The van der Waals surface area contributed by atoms with Crippen molar-refractivity contribution >= 4 is 11.9 Å². The molecule has 0 aliphatic rings. The van der Waals surface area contributed by atoms with Gasteiger partial charge in [0.1, 0.15) is 6.54 Å². The molecule has 110 valence electrons. The number of carbonyl (C=O) groups excluding carboxylic acids is 2. The summed E-state index contributed by atoms with van der Waals surface area (Å²) in [5.41, 5.74) is 6.22. The van der Waals surface area contributed by atoms with Crippen molar-refractivity contribution in [1.29, 1.82) is 0 Å². The third-order valence-corrected chi connectivity index (χ3v) is 2.72. The minimum absolute atomic E-state index is 0.0691. The smallest absolute Gasteiger partial charge is 0.325 e. The van der Waals surface area contributed by atoms with Crippen molar-refractivity contribution in [2.75, 3.05) is 13.7 Å². The molecule has 0 saturated heterocycles. The molecule has 1 amide bonds. The van der Waals surface area contributed by atoms with Crippen LogP contribution in [0.4, 0.5) is 0 Å². The zero-order chi connectivity index (χ0) is 15.2. The number of carbonyl (C=O) groups is 2. The summed E-state index contributed by atoms with van der Waals surface area (Å²) in [4.78, 5) is 25.2. The van der Waals surface area contributed by atoms with Gasteiger partial charge in [0.25, 0.3) is 0 Å². The Balaban J connectivity index is 2.79. The summed E-state index contributed by atoms with van der Waals surface area (Å²) < 4.78 is 4.63. The highest BCUT2D eigenvalue weighted by atomic mass is 16.5. The second kappa shape index (κ2) is 7.05. The lowest BCUT2D eigenvalue weighted by Gasteiger charge is -2.26. The fourth-order valence-electron chi connectivity index (χ4n) is 1.76. The monoisotopic (exact) mass is 278 g/mol. The van der Waals surface area contributed by atoms with Crippen LogP contribution in [0.3, 0.4) is 0 Å². The first kappa shape index (κ1) is 16.2. The summed E-state index contributed by atoms with van der Waals surface area (Å²) in [6.45, 7) is 3.86. The van der Waals surface area contributed by atoms with Gasteiger partial charge in [0, 0.05) is 18.5 Å². The van der Waals surface area contributed by atoms with E-state index in [0.29, 0.717) is 6.54 Å². The number of benzene rings is 1. The normalized spacial score (nSPS) is 11.0. The lowest BCUT2D eigenvalue weighted by molar-refractivity contribution is -0.147. The third kappa shape index (κ3) is 5.84. The molecule has 0 radical (unpaired) electrons. The van der Waals surface area contributed by atoms with Crippen LogP contribution in [0.5, 0.6) is 0 Å². The molecule has 5 nitrogen and oxygen atoms in total. The first-order valence-electron chi connectivity index (χ1n) is 6.49. The van der Waals surface area contributed by atoms with Crippen LogP contribution in [0.15, 0.2) is 30.3 Å². The predicted octanol–water partition coefficient (Wildman–Crippen LogP) is 1.32. The van der Waals surface area contributed by atoms with E-state index in [1.165, 1.54) is 12.0 Å². The number of hydrogen-bond donors (Lipinski definition) is 1. The number of methoxy groups -OCH3 is 1. The molecule has 0 spiro atoms. The van der Waals surface area contributed by atoms with Crippen LogP contribution in [0.25, 0.3) is 0 Å². The van der Waals surface area contributed by atoms with Gasteiger partial charge in [-0.05, 0) is 19.4 Å². The molecule has 1 aromatic carbocycles. The Morgan fingerprint density at radius 1 is 1.25 bits per heavy atom. The number of ether oxygens (including phenoxy) is 1. The van der Waals surface area contributed by atoms with Crippen LogP contribution in [0, 0.1) is 0 Å². The maximum Gasteiger partial charge on any atom is 0.325 e. The van der Waals surface area contributed by atoms with Gasteiger partial charge >= 0.3 is 5.97 Å². The largest absolute Gasteiger partial charge is 0.468 e. The fraction of sp³-hybridized carbons (Fsp3) is 0.467. The van der Waals surface area contributed by atoms with Crippen molar-refractivity contribution < 1.29 is 14.3 Å². The van der Waals surface area contributed by atoms with Crippen molar-refractivity contribution in [1.82, 2.24) is 4.90 Å². The van der Waals surface area contributed by atoms with Crippen LogP contribution >= 0.6 is 0 Å². The lowest BCUT2D eigenvalue weighted by atomic mass is 10.0. The van der Waals surface area contributed by atoms with Crippen molar-refractivity contribution in [3.05, 3.63) is 35.9 Å². The minimum atomic E-state index is -0.609. The molecule has 0 saturated carbocycles. The number of hydrogen-bond acceptors (Lipinski definition) is 4. The Labute approximate surface area is 119 Å². The summed E-state index contributed by atoms with van der Waals surface area (Å²) in [5.74, 6) is -0.601. The van der Waals surface area contributed by atoms with Crippen LogP contribution in [-0.4, -0.2) is 36.0 Å². The molecule has 1 rings (SSSR count). The van der Waals surface area contributed by atoms with E-state index < -0.39 is 11.5 Å². The van der Waals surface area contributed by atoms with E-state index in [2.05, 4.69) is 4.74 Å². The summed E-state index contributed by atoms with van der Waals surface area (Å²) >= 11 is 0. The maximum atomic E-state index is 12.3. The number of nitrogens with zero attached hydrogens (tertiary/aromatic N) is 1. The third-order valence-electron chi connectivity index (χ3n) is 2.72. The fourth-order valence-corrected chi connectivity index (χ4v) is 1.76. The Kier molecular flexibility index (Phi) is 5.70. The van der Waals surface area contributed by atoms with E-state index in [-0.39, 0.29) is 18.9 Å². The molecule has 0 fully saturated rings. The maximum absolute atomic E-state index is 12.3. The van der Waals surface area contributed by atoms with Crippen LogP contribution in [-0.2, 0) is 20.9 Å². The summed E-state index contributed by atoms with van der Waals surface area (Å²) in [6.07, 6.45) is 0.177. The molecular weight excluding hydrogens is 256 g/mol. The van der Waals surface area contributed by atoms with E-state index in [9.17, 15) is 9.59 Å². The van der Waals surface area contributed by atoms with Crippen LogP contribution in [0.1, 0.15) is 25.8 Å². The highest BCUT2D eigenvalue weighted by molar-refractivity contribution is 5.82. The first-order valence-corrected chi connectivity index (χ1v) is 6.49. The molecule has 0 aromatic heterocycles. The van der Waals surface area contributed by atoms with Gasteiger partial charge in [-0.15, -0.1) is 0 Å². The summed E-state index contributed by atoms with van der Waals surface area (Å²) in [6, 6.07) is 9.50. The van der Waals surface area contributed by atoms with E-state index in [4.69, 9.17) is 5.73 Å². The molecule has 0 aliphatic heterocycles. The van der Waals surface area contributed by atoms with Crippen molar-refractivity contribution in [2.45, 2.75) is 32.4 Å². The molecule has 0 unspecified atom stereocenters. The van der Waals surface area contributed by atoms with Gasteiger partial charge in [0.05, 0.1) is 7.11 Å². The number of nitrogens with two attached hydrogens (primary N) is 1. The Bertz CT molecular complexity index is 452. The van der Waals surface area contributed by atoms with Gasteiger partial charge in [-0.2, -0.15) is 0 Å². The SMILES string of the molecule is COC(=O)CN(Cc1ccccc1)C(=O)CC(C)(C)N. The number of amides is 1. The number of esters is 1. The lowest BCUT2D eigenvalue weighted by Crippen LogP contribution is -2.43. The second-order valence-electron chi connectivity index (χ2n) is 5.48. The Morgan fingerprint density at radius 2 is 1.85 bits per heavy atom. The Morgan fingerprint density at radius 3 is 2.35 bits per heavy atom. The van der Waals surface area contributed by atoms with Crippen LogP contribution < -0.4 is 5.73 Å². The number of rotatable bonds is 6. The van der Waals surface area contributed by atoms with Gasteiger partial charge in [0.15, 0.2) is 0 Å². The summed E-state index contributed by atoms with van der Waals surface area (Å²) in [7, 11) is 1.31. The van der Waals surface area contributed by atoms with E-state index >= 15 is 0 Å². The highest BCUT2D eigenvalue weighted by Gasteiger charge is 2.23. The Hall–Kier alpha value is -1.88. The molecule has 0 aliphatic carbocycles. The molecule has 0 bridgehead atoms. The first-order chi connectivity index (χ1) is 9.31. The van der Waals surface area contributed by atoms with Gasteiger partial charge in [0.2, 0.25) is 5.91 Å². The molecule has 0 heterocycles. The zero-order valence-electron chi connectivity index (χ0n) is 12.3. The molecule has 1 aromatic rings. The quantitative estimate of drug-likeness (QED) is 0.796.